The van der Waals surface area contributed by atoms with Crippen molar-refractivity contribution in [3.05, 3.63) is 35.6 Å². The molecule has 1 atom stereocenters. The second-order valence-electron chi connectivity index (χ2n) is 4.67. The molecule has 1 aliphatic rings. The molecule has 1 aromatic rings. The predicted octanol–water partition coefficient (Wildman–Crippen LogP) is 1.97. The fourth-order valence-corrected chi connectivity index (χ4v) is 2.21. The van der Waals surface area contributed by atoms with Crippen LogP contribution in [0.5, 0.6) is 0 Å². The number of hydrogen-bond donors (Lipinski definition) is 1. The molecule has 0 aromatic heterocycles. The fraction of sp³-hybridized carbons (Fsp3) is 0.571. The second kappa shape index (κ2) is 6.83. The Labute approximate surface area is 107 Å². The molecule has 1 heterocycles. The first-order valence-corrected chi connectivity index (χ1v) is 6.49. The lowest BCUT2D eigenvalue weighted by Crippen LogP contribution is -2.28. The van der Waals surface area contributed by atoms with Crippen LogP contribution in [0.1, 0.15) is 24.5 Å². The molecule has 1 saturated heterocycles. The van der Waals surface area contributed by atoms with Crippen LogP contribution in [0.15, 0.2) is 24.3 Å². The molecule has 1 aromatic carbocycles. The van der Waals surface area contributed by atoms with Crippen LogP contribution >= 0.6 is 0 Å². The minimum Gasteiger partial charge on any atom is -0.388 e. The molecule has 0 saturated carbocycles. The smallest absolute Gasteiger partial charge is 0.123 e. The van der Waals surface area contributed by atoms with Gasteiger partial charge in [0, 0.05) is 26.2 Å². The lowest BCUT2D eigenvalue weighted by Gasteiger charge is -2.21. The number of benzene rings is 1. The van der Waals surface area contributed by atoms with Crippen LogP contribution in [0.25, 0.3) is 0 Å². The van der Waals surface area contributed by atoms with Crippen LogP contribution in [0, 0.1) is 5.82 Å². The number of ether oxygens (including phenoxy) is 1. The molecule has 18 heavy (non-hydrogen) atoms. The first kappa shape index (κ1) is 13.5. The Bertz CT molecular complexity index is 365. The highest BCUT2D eigenvalue weighted by molar-refractivity contribution is 5.18. The molecule has 0 amide bonds. The van der Waals surface area contributed by atoms with Gasteiger partial charge in [-0.25, -0.2) is 4.39 Å². The number of hydrogen-bond acceptors (Lipinski definition) is 3. The molecule has 1 N–H and O–H groups in total. The quantitative estimate of drug-likeness (QED) is 0.890. The van der Waals surface area contributed by atoms with Crippen molar-refractivity contribution in [1.82, 2.24) is 4.90 Å². The lowest BCUT2D eigenvalue weighted by atomic mass is 10.1. The molecule has 100 valence electrons. The summed E-state index contributed by atoms with van der Waals surface area (Å²) in [5, 5.41) is 10.0. The summed E-state index contributed by atoms with van der Waals surface area (Å²) in [6.45, 7) is 4.33. The summed E-state index contributed by atoms with van der Waals surface area (Å²) >= 11 is 0. The van der Waals surface area contributed by atoms with Crippen molar-refractivity contribution >= 4 is 0 Å². The van der Waals surface area contributed by atoms with Crippen molar-refractivity contribution in [2.24, 2.45) is 0 Å². The maximum atomic E-state index is 13.0. The van der Waals surface area contributed by atoms with Gasteiger partial charge in [0.1, 0.15) is 5.82 Å². The summed E-state index contributed by atoms with van der Waals surface area (Å²) in [4.78, 5) is 2.29. The Balaban J connectivity index is 1.82. The van der Waals surface area contributed by atoms with Gasteiger partial charge in [-0.15, -0.1) is 0 Å². The summed E-state index contributed by atoms with van der Waals surface area (Å²) in [6, 6.07) is 6.19. The highest BCUT2D eigenvalue weighted by atomic mass is 19.1. The van der Waals surface area contributed by atoms with Crippen molar-refractivity contribution in [2.45, 2.75) is 18.9 Å². The zero-order valence-electron chi connectivity index (χ0n) is 10.5. The fourth-order valence-electron chi connectivity index (χ4n) is 2.21. The van der Waals surface area contributed by atoms with Crippen LogP contribution in [0.2, 0.25) is 0 Å². The molecular weight excluding hydrogens is 233 g/mol. The van der Waals surface area contributed by atoms with Crippen molar-refractivity contribution in [2.75, 3.05) is 32.8 Å². The highest BCUT2D eigenvalue weighted by Gasteiger charge is 2.13. The van der Waals surface area contributed by atoms with Crippen molar-refractivity contribution in [3.63, 3.8) is 0 Å². The van der Waals surface area contributed by atoms with Gasteiger partial charge < -0.3 is 14.7 Å². The SMILES string of the molecule is OC(CCN1CCCOCC1)c1cccc(F)c1. The maximum Gasteiger partial charge on any atom is 0.123 e. The molecule has 0 aliphatic carbocycles. The molecule has 1 unspecified atom stereocenters. The molecule has 0 spiro atoms. The average Bonchev–Trinajstić information content (AvgIpc) is 2.64. The van der Waals surface area contributed by atoms with Gasteiger partial charge >= 0.3 is 0 Å². The third-order valence-electron chi connectivity index (χ3n) is 3.27. The highest BCUT2D eigenvalue weighted by Crippen LogP contribution is 2.18. The third-order valence-corrected chi connectivity index (χ3v) is 3.27. The monoisotopic (exact) mass is 253 g/mol. The number of nitrogens with zero attached hydrogens (tertiary/aromatic N) is 1. The predicted molar refractivity (Wildman–Crippen MR) is 67.9 cm³/mol. The van der Waals surface area contributed by atoms with Crippen LogP contribution in [-0.2, 0) is 4.74 Å². The van der Waals surface area contributed by atoms with Gasteiger partial charge in [0.2, 0.25) is 0 Å². The van der Waals surface area contributed by atoms with E-state index in [4.69, 9.17) is 4.74 Å². The topological polar surface area (TPSA) is 32.7 Å². The van der Waals surface area contributed by atoms with E-state index in [2.05, 4.69) is 4.90 Å². The normalized spacial score (nSPS) is 19.4. The van der Waals surface area contributed by atoms with E-state index in [1.165, 1.54) is 12.1 Å². The molecular formula is C14H20FNO2. The number of rotatable bonds is 4. The Morgan fingerprint density at radius 3 is 3.06 bits per heavy atom. The maximum absolute atomic E-state index is 13.0. The van der Waals surface area contributed by atoms with E-state index in [0.29, 0.717) is 12.0 Å². The van der Waals surface area contributed by atoms with Gasteiger partial charge in [-0.2, -0.15) is 0 Å². The minimum atomic E-state index is -0.593. The van der Waals surface area contributed by atoms with Crippen molar-refractivity contribution in [3.8, 4) is 0 Å². The van der Waals surface area contributed by atoms with E-state index in [1.807, 2.05) is 0 Å². The van der Waals surface area contributed by atoms with E-state index < -0.39 is 6.10 Å². The Hall–Kier alpha value is -0.970. The van der Waals surface area contributed by atoms with Crippen LogP contribution in [0.3, 0.4) is 0 Å². The zero-order chi connectivity index (χ0) is 12.8. The molecule has 3 nitrogen and oxygen atoms in total. The zero-order valence-corrected chi connectivity index (χ0v) is 10.5. The van der Waals surface area contributed by atoms with Crippen molar-refractivity contribution in [1.29, 1.82) is 0 Å². The molecule has 0 radical (unpaired) electrons. The molecule has 0 bridgehead atoms. The minimum absolute atomic E-state index is 0.297. The Kier molecular flexibility index (Phi) is 5.11. The van der Waals surface area contributed by atoms with Gasteiger partial charge in [-0.05, 0) is 30.5 Å². The first-order chi connectivity index (χ1) is 8.75. The van der Waals surface area contributed by atoms with Gasteiger partial charge in [0.05, 0.1) is 12.7 Å². The van der Waals surface area contributed by atoms with E-state index >= 15 is 0 Å². The molecule has 1 aliphatic heterocycles. The molecule has 4 heteroatoms. The van der Waals surface area contributed by atoms with E-state index in [1.54, 1.807) is 12.1 Å². The lowest BCUT2D eigenvalue weighted by molar-refractivity contribution is 0.126. The average molecular weight is 253 g/mol. The standard InChI is InChI=1S/C14H20FNO2/c15-13-4-1-3-12(11-13)14(17)5-7-16-6-2-9-18-10-8-16/h1,3-4,11,14,17H,2,5-10H2. The molecule has 2 rings (SSSR count). The Morgan fingerprint density at radius 2 is 2.22 bits per heavy atom. The van der Waals surface area contributed by atoms with Gasteiger partial charge in [-0.3, -0.25) is 0 Å². The van der Waals surface area contributed by atoms with E-state index in [-0.39, 0.29) is 5.82 Å². The van der Waals surface area contributed by atoms with E-state index in [9.17, 15) is 9.50 Å². The van der Waals surface area contributed by atoms with Gasteiger partial charge in [-0.1, -0.05) is 12.1 Å². The summed E-state index contributed by atoms with van der Waals surface area (Å²) in [7, 11) is 0. The van der Waals surface area contributed by atoms with Crippen LogP contribution < -0.4 is 0 Å². The number of halogens is 1. The van der Waals surface area contributed by atoms with Gasteiger partial charge in [0.25, 0.3) is 0 Å². The second-order valence-corrected chi connectivity index (χ2v) is 4.67. The first-order valence-electron chi connectivity index (χ1n) is 6.49. The van der Waals surface area contributed by atoms with E-state index in [0.717, 1.165) is 39.3 Å². The summed E-state index contributed by atoms with van der Waals surface area (Å²) < 4.78 is 18.4. The number of aliphatic hydroxyl groups is 1. The number of aliphatic hydroxyl groups excluding tert-OH is 1. The summed E-state index contributed by atoms with van der Waals surface area (Å²) in [6.07, 6.45) is 1.07. The van der Waals surface area contributed by atoms with Crippen molar-refractivity contribution < 1.29 is 14.2 Å². The largest absolute Gasteiger partial charge is 0.388 e. The summed E-state index contributed by atoms with van der Waals surface area (Å²) in [5.41, 5.74) is 0.654. The van der Waals surface area contributed by atoms with Crippen LogP contribution in [-0.4, -0.2) is 42.9 Å². The third kappa shape index (κ3) is 4.05. The Morgan fingerprint density at radius 1 is 1.33 bits per heavy atom. The van der Waals surface area contributed by atoms with Crippen LogP contribution in [0.4, 0.5) is 4.39 Å². The van der Waals surface area contributed by atoms with Gasteiger partial charge in [0.15, 0.2) is 0 Å². The molecule has 1 fully saturated rings. The summed E-state index contributed by atoms with van der Waals surface area (Å²) in [5.74, 6) is -0.297.